The molecule has 1 unspecified atom stereocenters. The van der Waals surface area contributed by atoms with Gasteiger partial charge in [-0.15, -0.1) is 0 Å². The van der Waals surface area contributed by atoms with Gasteiger partial charge in [-0.05, 0) is 30.5 Å². The molecule has 0 spiro atoms. The Kier molecular flexibility index (Phi) is 5.64. The Morgan fingerprint density at radius 2 is 2.10 bits per heavy atom. The van der Waals surface area contributed by atoms with E-state index < -0.39 is 21.8 Å². The molecule has 0 bridgehead atoms. The molecule has 0 aromatic heterocycles. The SMILES string of the molecule is CCC(CNS(=O)(=O)c1cc(F)ccc1C)CC(=O)O. The Balaban J connectivity index is 2.84. The van der Waals surface area contributed by atoms with Crippen LogP contribution in [0.15, 0.2) is 23.1 Å². The van der Waals surface area contributed by atoms with Crippen molar-refractivity contribution in [1.29, 1.82) is 0 Å². The predicted octanol–water partition coefficient (Wildman–Crippen LogP) is 1.91. The van der Waals surface area contributed by atoms with Gasteiger partial charge in [0, 0.05) is 13.0 Å². The number of carboxylic acids is 1. The summed E-state index contributed by atoms with van der Waals surface area (Å²) in [6.45, 7) is 3.37. The quantitative estimate of drug-likeness (QED) is 0.806. The van der Waals surface area contributed by atoms with Crippen molar-refractivity contribution in [1.82, 2.24) is 4.72 Å². The molecule has 7 heteroatoms. The first-order chi connectivity index (χ1) is 9.26. The smallest absolute Gasteiger partial charge is 0.303 e. The Morgan fingerprint density at radius 1 is 1.45 bits per heavy atom. The van der Waals surface area contributed by atoms with Crippen LogP contribution in [0.4, 0.5) is 4.39 Å². The van der Waals surface area contributed by atoms with E-state index in [-0.39, 0.29) is 23.8 Å². The number of hydrogen-bond donors (Lipinski definition) is 2. The molecule has 0 heterocycles. The van der Waals surface area contributed by atoms with Crippen molar-refractivity contribution in [2.24, 2.45) is 5.92 Å². The monoisotopic (exact) mass is 303 g/mol. The highest BCUT2D eigenvalue weighted by atomic mass is 32.2. The van der Waals surface area contributed by atoms with E-state index >= 15 is 0 Å². The highest BCUT2D eigenvalue weighted by molar-refractivity contribution is 7.89. The number of hydrogen-bond acceptors (Lipinski definition) is 3. The van der Waals surface area contributed by atoms with Gasteiger partial charge in [0.05, 0.1) is 4.90 Å². The van der Waals surface area contributed by atoms with Crippen LogP contribution in [-0.2, 0) is 14.8 Å². The van der Waals surface area contributed by atoms with Gasteiger partial charge in [-0.3, -0.25) is 4.79 Å². The van der Waals surface area contributed by atoms with Crippen LogP contribution in [0.5, 0.6) is 0 Å². The van der Waals surface area contributed by atoms with Gasteiger partial charge >= 0.3 is 5.97 Å². The van der Waals surface area contributed by atoms with Crippen LogP contribution in [0.3, 0.4) is 0 Å². The lowest BCUT2D eigenvalue weighted by molar-refractivity contribution is -0.138. The summed E-state index contributed by atoms with van der Waals surface area (Å²) < 4.78 is 39.7. The van der Waals surface area contributed by atoms with Crippen molar-refractivity contribution in [3.63, 3.8) is 0 Å². The van der Waals surface area contributed by atoms with Gasteiger partial charge in [-0.25, -0.2) is 17.5 Å². The average molecular weight is 303 g/mol. The summed E-state index contributed by atoms with van der Waals surface area (Å²) >= 11 is 0. The first-order valence-electron chi connectivity index (χ1n) is 6.24. The van der Waals surface area contributed by atoms with Gasteiger partial charge in [0.25, 0.3) is 0 Å². The average Bonchev–Trinajstić information content (AvgIpc) is 2.36. The number of carbonyl (C=O) groups is 1. The molecule has 1 atom stereocenters. The number of aliphatic carboxylic acids is 1. The van der Waals surface area contributed by atoms with Gasteiger partial charge in [0.2, 0.25) is 10.0 Å². The normalized spacial score (nSPS) is 13.2. The highest BCUT2D eigenvalue weighted by Gasteiger charge is 2.20. The lowest BCUT2D eigenvalue weighted by Gasteiger charge is -2.14. The number of benzene rings is 1. The Labute approximate surface area is 117 Å². The predicted molar refractivity (Wildman–Crippen MR) is 72.4 cm³/mol. The Bertz CT molecular complexity index is 586. The van der Waals surface area contributed by atoms with Crippen molar-refractivity contribution < 1.29 is 22.7 Å². The molecule has 0 aliphatic carbocycles. The van der Waals surface area contributed by atoms with Gasteiger partial charge in [-0.2, -0.15) is 0 Å². The van der Waals surface area contributed by atoms with E-state index in [1.54, 1.807) is 13.8 Å². The molecule has 0 aliphatic heterocycles. The van der Waals surface area contributed by atoms with Crippen LogP contribution in [0.1, 0.15) is 25.3 Å². The molecule has 2 N–H and O–H groups in total. The van der Waals surface area contributed by atoms with Crippen LogP contribution in [-0.4, -0.2) is 26.0 Å². The van der Waals surface area contributed by atoms with Gasteiger partial charge in [-0.1, -0.05) is 19.4 Å². The second-order valence-electron chi connectivity index (χ2n) is 4.63. The van der Waals surface area contributed by atoms with Crippen LogP contribution in [0.25, 0.3) is 0 Å². The fourth-order valence-corrected chi connectivity index (χ4v) is 3.15. The molecular weight excluding hydrogens is 285 g/mol. The van der Waals surface area contributed by atoms with Crippen LogP contribution in [0.2, 0.25) is 0 Å². The number of sulfonamides is 1. The third-order valence-electron chi connectivity index (χ3n) is 3.04. The number of carboxylic acid groups (broad SMARTS) is 1. The molecule has 0 radical (unpaired) electrons. The third-order valence-corrected chi connectivity index (χ3v) is 4.61. The highest BCUT2D eigenvalue weighted by Crippen LogP contribution is 2.17. The molecule has 112 valence electrons. The maximum absolute atomic E-state index is 13.1. The summed E-state index contributed by atoms with van der Waals surface area (Å²) in [6.07, 6.45) is 0.429. The van der Waals surface area contributed by atoms with E-state index in [0.29, 0.717) is 12.0 Å². The van der Waals surface area contributed by atoms with E-state index in [4.69, 9.17) is 5.11 Å². The summed E-state index contributed by atoms with van der Waals surface area (Å²) in [4.78, 5) is 10.5. The van der Waals surface area contributed by atoms with E-state index in [0.717, 1.165) is 6.07 Å². The van der Waals surface area contributed by atoms with E-state index in [1.807, 2.05) is 0 Å². The fourth-order valence-electron chi connectivity index (χ4n) is 1.78. The first-order valence-corrected chi connectivity index (χ1v) is 7.72. The molecule has 5 nitrogen and oxygen atoms in total. The summed E-state index contributed by atoms with van der Waals surface area (Å²) in [5.41, 5.74) is 0.435. The zero-order valence-corrected chi connectivity index (χ0v) is 12.2. The van der Waals surface area contributed by atoms with Crippen LogP contribution >= 0.6 is 0 Å². The molecule has 1 aromatic carbocycles. The maximum atomic E-state index is 13.1. The van der Waals surface area contributed by atoms with Crippen molar-refractivity contribution in [3.05, 3.63) is 29.6 Å². The summed E-state index contributed by atoms with van der Waals surface area (Å²) in [7, 11) is -3.84. The maximum Gasteiger partial charge on any atom is 0.303 e. The zero-order valence-electron chi connectivity index (χ0n) is 11.4. The molecule has 20 heavy (non-hydrogen) atoms. The number of nitrogens with one attached hydrogen (secondary N) is 1. The van der Waals surface area contributed by atoms with E-state index in [9.17, 15) is 17.6 Å². The lowest BCUT2D eigenvalue weighted by atomic mass is 10.0. The molecule has 0 saturated carbocycles. The molecule has 0 saturated heterocycles. The standard InChI is InChI=1S/C13H18FNO4S/c1-3-10(6-13(16)17)8-15-20(18,19)12-7-11(14)5-4-9(12)2/h4-5,7,10,15H,3,6,8H2,1-2H3,(H,16,17). The molecule has 0 aliphatic rings. The number of halogens is 1. The molecule has 0 fully saturated rings. The van der Waals surface area contributed by atoms with Crippen LogP contribution < -0.4 is 4.72 Å². The number of aryl methyl sites for hydroxylation is 1. The number of rotatable bonds is 7. The summed E-state index contributed by atoms with van der Waals surface area (Å²) in [6, 6.07) is 3.53. The van der Waals surface area contributed by atoms with Crippen molar-refractivity contribution in [3.8, 4) is 0 Å². The molecule has 0 amide bonds. The minimum Gasteiger partial charge on any atom is -0.481 e. The lowest BCUT2D eigenvalue weighted by Crippen LogP contribution is -2.30. The molecule has 1 rings (SSSR count). The second kappa shape index (κ2) is 6.81. The minimum absolute atomic E-state index is 0.0150. The van der Waals surface area contributed by atoms with Gasteiger partial charge < -0.3 is 5.11 Å². The van der Waals surface area contributed by atoms with Gasteiger partial charge in [0.15, 0.2) is 0 Å². The van der Waals surface area contributed by atoms with Crippen molar-refractivity contribution in [2.75, 3.05) is 6.54 Å². The van der Waals surface area contributed by atoms with Crippen LogP contribution in [0, 0.1) is 18.7 Å². The van der Waals surface area contributed by atoms with Crippen molar-refractivity contribution in [2.45, 2.75) is 31.6 Å². The topological polar surface area (TPSA) is 83.5 Å². The first kappa shape index (κ1) is 16.6. The zero-order chi connectivity index (χ0) is 15.3. The second-order valence-corrected chi connectivity index (χ2v) is 6.37. The van der Waals surface area contributed by atoms with Gasteiger partial charge in [0.1, 0.15) is 5.82 Å². The largest absolute Gasteiger partial charge is 0.481 e. The fraction of sp³-hybridized carbons (Fsp3) is 0.462. The van der Waals surface area contributed by atoms with E-state index in [2.05, 4.69) is 4.72 Å². The Hall–Kier alpha value is -1.47. The Morgan fingerprint density at radius 3 is 2.65 bits per heavy atom. The van der Waals surface area contributed by atoms with Crippen molar-refractivity contribution >= 4 is 16.0 Å². The molecular formula is C13H18FNO4S. The summed E-state index contributed by atoms with van der Waals surface area (Å²) in [5.74, 6) is -1.90. The summed E-state index contributed by atoms with van der Waals surface area (Å²) in [5, 5.41) is 8.72. The van der Waals surface area contributed by atoms with E-state index in [1.165, 1.54) is 12.1 Å². The minimum atomic E-state index is -3.84. The molecule has 1 aromatic rings. The third kappa shape index (κ3) is 4.57.